The van der Waals surface area contributed by atoms with Crippen molar-refractivity contribution in [2.45, 2.75) is 25.9 Å². The zero-order valence-corrected chi connectivity index (χ0v) is 19.4. The van der Waals surface area contributed by atoms with Gasteiger partial charge in [-0.05, 0) is 36.9 Å². The Kier molecular flexibility index (Phi) is 8.77. The molecule has 1 fully saturated rings. The van der Waals surface area contributed by atoms with Crippen LogP contribution < -0.4 is 5.32 Å². The first kappa shape index (κ1) is 25.0. The minimum absolute atomic E-state index is 0. The van der Waals surface area contributed by atoms with E-state index in [-0.39, 0.29) is 24.9 Å². The number of benzene rings is 2. The van der Waals surface area contributed by atoms with Gasteiger partial charge in [0.25, 0.3) is 0 Å². The van der Waals surface area contributed by atoms with E-state index in [4.69, 9.17) is 4.74 Å². The zero-order valence-electron chi connectivity index (χ0n) is 18.5. The summed E-state index contributed by atoms with van der Waals surface area (Å²) in [5, 5.41) is 5.02. The highest BCUT2D eigenvalue weighted by Gasteiger charge is 2.56. The van der Waals surface area contributed by atoms with Gasteiger partial charge in [-0.2, -0.15) is 4.79 Å². The second-order valence-electron chi connectivity index (χ2n) is 8.37. The van der Waals surface area contributed by atoms with E-state index in [2.05, 4.69) is 5.32 Å². The Morgan fingerprint density at radius 2 is 1.61 bits per heavy atom. The van der Waals surface area contributed by atoms with Crippen molar-refractivity contribution in [1.82, 2.24) is 10.3 Å². The predicted molar refractivity (Wildman–Crippen MR) is 123 cm³/mol. The Balaban J connectivity index is 0.00000341. The van der Waals surface area contributed by atoms with Crippen LogP contribution in [-0.4, -0.2) is 55.8 Å². The van der Waals surface area contributed by atoms with E-state index in [0.717, 1.165) is 30.5 Å². The number of ether oxygens (including phenoxy) is 1. The van der Waals surface area contributed by atoms with Crippen LogP contribution in [0, 0.1) is 5.41 Å². The van der Waals surface area contributed by atoms with Crippen molar-refractivity contribution in [2.24, 2.45) is 5.41 Å². The van der Waals surface area contributed by atoms with Crippen molar-refractivity contribution in [3.8, 4) is 0 Å². The number of carbonyl (C=O) groups is 2. The second kappa shape index (κ2) is 10.9. The van der Waals surface area contributed by atoms with Gasteiger partial charge in [0.05, 0.1) is 0 Å². The van der Waals surface area contributed by atoms with Gasteiger partial charge in [-0.25, -0.2) is 4.79 Å². The predicted octanol–water partition coefficient (Wildman–Crippen LogP) is 3.81. The minimum Gasteiger partial charge on any atom is -0.413 e. The Hall–Kier alpha value is -2.25. The average molecular weight is 447 g/mol. The van der Waals surface area contributed by atoms with E-state index >= 15 is 0 Å². The lowest BCUT2D eigenvalue weighted by molar-refractivity contribution is -0.882. The third-order valence-corrected chi connectivity index (χ3v) is 6.07. The fourth-order valence-electron chi connectivity index (χ4n) is 4.10. The first-order valence-electron chi connectivity index (χ1n) is 10.4. The summed E-state index contributed by atoms with van der Waals surface area (Å²) < 4.78 is 5.09. The molecule has 31 heavy (non-hydrogen) atoms. The van der Waals surface area contributed by atoms with Gasteiger partial charge < -0.3 is 10.1 Å². The molecule has 2 atom stereocenters. The first-order chi connectivity index (χ1) is 14.4. The number of hydrogen-bond acceptors (Lipinski definition) is 5. The van der Waals surface area contributed by atoms with Crippen molar-refractivity contribution in [3.05, 3.63) is 71.8 Å². The molecule has 0 bridgehead atoms. The maximum absolute atomic E-state index is 14.0. The maximum Gasteiger partial charge on any atom is 0.544 e. The lowest BCUT2D eigenvalue weighted by Crippen LogP contribution is -2.68. The van der Waals surface area contributed by atoms with E-state index in [1.807, 2.05) is 60.7 Å². The van der Waals surface area contributed by atoms with Crippen LogP contribution in [0.25, 0.3) is 0 Å². The molecule has 2 amide bonds. The van der Waals surface area contributed by atoms with Gasteiger partial charge in [0.2, 0.25) is 0 Å². The summed E-state index contributed by atoms with van der Waals surface area (Å²) in [5.74, 6) is -0.137. The normalized spacial score (nSPS) is 20.4. The number of halogens is 1. The molecule has 1 unspecified atom stereocenters. The molecule has 3 rings (SSSR count). The summed E-state index contributed by atoms with van der Waals surface area (Å²) in [4.78, 5) is 27.3. The van der Waals surface area contributed by atoms with E-state index in [1.165, 1.54) is 0 Å². The molecule has 1 heterocycles. The molecule has 0 aromatic heterocycles. The number of piperidine rings is 1. The third kappa shape index (κ3) is 5.52. The third-order valence-electron chi connectivity index (χ3n) is 6.07. The number of nitrogens with zero attached hydrogens (tertiary/aromatic N) is 2. The minimum atomic E-state index is -0.676. The van der Waals surface area contributed by atoms with Crippen LogP contribution in [-0.2, 0) is 22.6 Å². The number of quaternary nitrogens is 1. The summed E-state index contributed by atoms with van der Waals surface area (Å²) >= 11 is 0. The molecule has 2 aromatic carbocycles. The Morgan fingerprint density at radius 3 is 2.13 bits per heavy atom. The molecule has 7 heteroatoms. The smallest absolute Gasteiger partial charge is 0.413 e. The number of nitrogens with one attached hydrogen (secondary N) is 1. The highest BCUT2D eigenvalue weighted by Crippen LogP contribution is 2.36. The van der Waals surface area contributed by atoms with Gasteiger partial charge in [0.1, 0.15) is 19.1 Å². The number of carbonyl (C=O) groups excluding carboxylic acids is 2. The molecule has 168 valence electrons. The zero-order chi connectivity index (χ0) is 21.6. The van der Waals surface area contributed by atoms with Gasteiger partial charge in [0.15, 0.2) is 0 Å². The Bertz CT molecular complexity index is 855. The molecule has 2 aromatic rings. The molecule has 0 radical (unpaired) electrons. The second-order valence-corrected chi connectivity index (χ2v) is 8.37. The molecule has 0 saturated carbocycles. The highest BCUT2D eigenvalue weighted by molar-refractivity contribution is 5.86. The van der Waals surface area contributed by atoms with Gasteiger partial charge in [-0.1, -0.05) is 65.3 Å². The molecule has 6 nitrogen and oxygen atoms in total. The SMILES string of the molecule is CN(C)[N+](C)(C(=O)OCc1ccccc1)C(=O)[C@@]1(Cc2ccccc2)CCCNC1.Cl. The summed E-state index contributed by atoms with van der Waals surface area (Å²) in [6.07, 6.45) is 1.66. The highest BCUT2D eigenvalue weighted by atomic mass is 35.5. The summed E-state index contributed by atoms with van der Waals surface area (Å²) in [7, 11) is 5.12. The molecule has 1 N–H and O–H groups in total. The number of imide groups is 1. The van der Waals surface area contributed by atoms with Crippen molar-refractivity contribution in [3.63, 3.8) is 0 Å². The average Bonchev–Trinajstić information content (AvgIpc) is 2.78. The van der Waals surface area contributed by atoms with Gasteiger partial charge in [-0.15, -0.1) is 17.4 Å². The quantitative estimate of drug-likeness (QED) is 0.540. The summed E-state index contributed by atoms with van der Waals surface area (Å²) in [5.41, 5.74) is 1.31. The topological polar surface area (TPSA) is 58.6 Å². The van der Waals surface area contributed by atoms with Crippen molar-refractivity contribution in [2.75, 3.05) is 34.2 Å². The van der Waals surface area contributed by atoms with Gasteiger partial charge in [-0.3, -0.25) is 0 Å². The van der Waals surface area contributed by atoms with Crippen LogP contribution in [0.3, 0.4) is 0 Å². The molecule has 1 aliphatic rings. The molecular weight excluding hydrogens is 414 g/mol. The molecule has 1 aliphatic heterocycles. The van der Waals surface area contributed by atoms with Crippen LogP contribution in [0.5, 0.6) is 0 Å². The first-order valence-corrected chi connectivity index (χ1v) is 10.4. The Morgan fingerprint density at radius 1 is 1.03 bits per heavy atom. The van der Waals surface area contributed by atoms with Crippen LogP contribution in [0.2, 0.25) is 0 Å². The van der Waals surface area contributed by atoms with E-state index in [9.17, 15) is 9.59 Å². The van der Waals surface area contributed by atoms with Crippen molar-refractivity contribution >= 4 is 24.4 Å². The van der Waals surface area contributed by atoms with Gasteiger partial charge in [0, 0.05) is 20.6 Å². The van der Waals surface area contributed by atoms with Crippen molar-refractivity contribution in [1.29, 1.82) is 0 Å². The maximum atomic E-state index is 14.0. The largest absolute Gasteiger partial charge is 0.544 e. The molecule has 1 saturated heterocycles. The van der Waals surface area contributed by atoms with Crippen molar-refractivity contribution < 1.29 is 18.9 Å². The lowest BCUT2D eigenvalue weighted by atomic mass is 9.74. The lowest BCUT2D eigenvalue weighted by Gasteiger charge is -2.42. The fourth-order valence-corrected chi connectivity index (χ4v) is 4.10. The van der Waals surface area contributed by atoms with E-state index in [0.29, 0.717) is 13.0 Å². The molecule has 0 aliphatic carbocycles. The van der Waals surface area contributed by atoms with Crippen LogP contribution in [0.1, 0.15) is 24.0 Å². The number of amides is 2. The molecular formula is C24H33ClN3O3+. The van der Waals surface area contributed by atoms with E-state index < -0.39 is 16.1 Å². The Labute approximate surface area is 191 Å². The van der Waals surface area contributed by atoms with Gasteiger partial charge >= 0.3 is 12.0 Å². The molecule has 0 spiro atoms. The monoisotopic (exact) mass is 446 g/mol. The van der Waals surface area contributed by atoms with Crippen LogP contribution >= 0.6 is 12.4 Å². The number of hydrogen-bond donors (Lipinski definition) is 1. The fraction of sp³-hybridized carbons (Fsp3) is 0.417. The van der Waals surface area contributed by atoms with E-state index in [1.54, 1.807) is 26.2 Å². The standard InChI is InChI=1S/C24H32N3O3.ClH/c1-26(2)27(3,23(29)30-18-21-13-8-5-9-14-21)22(28)24(15-10-16-25-19-24)17-20-11-6-4-7-12-20;/h4-9,11-14,25H,10,15-19H2,1-3H3;1H/q+1;/t24-,27?;/m1./s1. The summed E-state index contributed by atoms with van der Waals surface area (Å²) in [6, 6.07) is 19.5. The van der Waals surface area contributed by atoms with Crippen LogP contribution in [0.4, 0.5) is 4.79 Å². The number of rotatable bonds is 6. The summed E-state index contributed by atoms with van der Waals surface area (Å²) in [6.45, 7) is 1.57. The van der Waals surface area contributed by atoms with Crippen LogP contribution in [0.15, 0.2) is 60.7 Å².